The van der Waals surface area contributed by atoms with E-state index in [0.29, 0.717) is 12.2 Å². The van der Waals surface area contributed by atoms with Crippen LogP contribution in [0.25, 0.3) is 0 Å². The van der Waals surface area contributed by atoms with Crippen molar-refractivity contribution in [1.82, 2.24) is 14.7 Å². The SMILES string of the molecule is CC1CN(C)CCN1C(C)N(C)C. The van der Waals surface area contributed by atoms with Gasteiger partial charge in [0.05, 0.1) is 6.17 Å². The summed E-state index contributed by atoms with van der Waals surface area (Å²) < 4.78 is 0. The van der Waals surface area contributed by atoms with Crippen LogP contribution in [0, 0.1) is 0 Å². The van der Waals surface area contributed by atoms with Gasteiger partial charge in [0.25, 0.3) is 0 Å². The van der Waals surface area contributed by atoms with Crippen molar-refractivity contribution in [3.05, 3.63) is 0 Å². The molecule has 2 atom stereocenters. The minimum atomic E-state index is 0.559. The van der Waals surface area contributed by atoms with Crippen molar-refractivity contribution >= 4 is 0 Å². The highest BCUT2D eigenvalue weighted by Gasteiger charge is 2.26. The van der Waals surface area contributed by atoms with E-state index in [1.807, 2.05) is 0 Å². The third kappa shape index (κ3) is 2.66. The van der Waals surface area contributed by atoms with Crippen molar-refractivity contribution in [2.45, 2.75) is 26.1 Å². The normalized spacial score (nSPS) is 29.5. The summed E-state index contributed by atoms with van der Waals surface area (Å²) >= 11 is 0. The maximum Gasteiger partial charge on any atom is 0.0591 e. The first-order chi connectivity index (χ1) is 6.02. The molecule has 0 amide bonds. The standard InChI is InChI=1S/C10H23N3/c1-9-8-12(5)6-7-13(9)10(2)11(3)4/h9-10H,6-8H2,1-5H3. The van der Waals surface area contributed by atoms with Gasteiger partial charge in [-0.25, -0.2) is 0 Å². The summed E-state index contributed by atoms with van der Waals surface area (Å²) in [6, 6.07) is 0.677. The molecule has 0 aromatic carbocycles. The Labute approximate surface area is 82.3 Å². The van der Waals surface area contributed by atoms with Gasteiger partial charge >= 0.3 is 0 Å². The van der Waals surface area contributed by atoms with E-state index in [4.69, 9.17) is 0 Å². The first kappa shape index (κ1) is 11.0. The van der Waals surface area contributed by atoms with Crippen LogP contribution in [0.2, 0.25) is 0 Å². The highest BCUT2D eigenvalue weighted by Crippen LogP contribution is 2.12. The Morgan fingerprint density at radius 2 is 1.92 bits per heavy atom. The molecule has 0 saturated carbocycles. The van der Waals surface area contributed by atoms with Gasteiger partial charge < -0.3 is 4.90 Å². The molecule has 13 heavy (non-hydrogen) atoms. The van der Waals surface area contributed by atoms with Gasteiger partial charge in [0.2, 0.25) is 0 Å². The van der Waals surface area contributed by atoms with Gasteiger partial charge in [-0.3, -0.25) is 9.80 Å². The maximum atomic E-state index is 2.57. The molecule has 0 aromatic heterocycles. The second-order valence-electron chi connectivity index (χ2n) is 4.44. The fraction of sp³-hybridized carbons (Fsp3) is 1.00. The molecule has 0 radical (unpaired) electrons. The quantitative estimate of drug-likeness (QED) is 0.621. The summed E-state index contributed by atoms with van der Waals surface area (Å²) in [4.78, 5) is 7.26. The van der Waals surface area contributed by atoms with Crippen LogP contribution in [0.3, 0.4) is 0 Å². The van der Waals surface area contributed by atoms with E-state index in [-0.39, 0.29) is 0 Å². The van der Waals surface area contributed by atoms with Crippen LogP contribution in [-0.2, 0) is 0 Å². The summed E-state index contributed by atoms with van der Waals surface area (Å²) in [6.07, 6.45) is 0.559. The van der Waals surface area contributed by atoms with Gasteiger partial charge in [0, 0.05) is 25.7 Å². The Hall–Kier alpha value is -0.120. The Kier molecular flexibility index (Phi) is 3.71. The van der Waals surface area contributed by atoms with Crippen LogP contribution in [0.5, 0.6) is 0 Å². The van der Waals surface area contributed by atoms with Gasteiger partial charge in [-0.2, -0.15) is 0 Å². The first-order valence-electron chi connectivity index (χ1n) is 5.13. The van der Waals surface area contributed by atoms with Crippen LogP contribution >= 0.6 is 0 Å². The summed E-state index contributed by atoms with van der Waals surface area (Å²) in [5.74, 6) is 0. The third-order valence-corrected chi connectivity index (χ3v) is 3.11. The average Bonchev–Trinajstić information content (AvgIpc) is 2.03. The van der Waals surface area contributed by atoms with Crippen molar-refractivity contribution in [2.24, 2.45) is 0 Å². The summed E-state index contributed by atoms with van der Waals surface area (Å²) in [5.41, 5.74) is 0. The summed E-state index contributed by atoms with van der Waals surface area (Å²) in [6.45, 7) is 8.18. The molecular formula is C10H23N3. The van der Waals surface area contributed by atoms with E-state index in [0.717, 1.165) is 0 Å². The third-order valence-electron chi connectivity index (χ3n) is 3.11. The van der Waals surface area contributed by atoms with E-state index in [1.165, 1.54) is 19.6 Å². The topological polar surface area (TPSA) is 9.72 Å². The molecule has 1 aliphatic rings. The molecule has 2 unspecified atom stereocenters. The molecule has 1 heterocycles. The molecule has 78 valence electrons. The predicted octanol–water partition coefficient (Wildman–Crippen LogP) is 0.530. The lowest BCUT2D eigenvalue weighted by atomic mass is 10.2. The minimum Gasteiger partial charge on any atom is -0.304 e. The van der Waals surface area contributed by atoms with Gasteiger partial charge in [0.15, 0.2) is 0 Å². The molecule has 0 aromatic rings. The summed E-state index contributed by atoms with van der Waals surface area (Å²) in [5, 5.41) is 0. The van der Waals surface area contributed by atoms with Crippen molar-refractivity contribution in [3.8, 4) is 0 Å². The molecule has 3 heteroatoms. The molecular weight excluding hydrogens is 162 g/mol. The van der Waals surface area contributed by atoms with Gasteiger partial charge in [-0.15, -0.1) is 0 Å². The van der Waals surface area contributed by atoms with E-state index >= 15 is 0 Å². The zero-order valence-corrected chi connectivity index (χ0v) is 9.62. The molecule has 0 aliphatic carbocycles. The first-order valence-corrected chi connectivity index (χ1v) is 5.13. The lowest BCUT2D eigenvalue weighted by molar-refractivity contribution is 0.0112. The largest absolute Gasteiger partial charge is 0.304 e. The molecule has 3 nitrogen and oxygen atoms in total. The van der Waals surface area contributed by atoms with Crippen molar-refractivity contribution < 1.29 is 0 Å². The smallest absolute Gasteiger partial charge is 0.0591 e. The number of rotatable bonds is 2. The molecule has 1 fully saturated rings. The number of piperazine rings is 1. The molecule has 0 bridgehead atoms. The monoisotopic (exact) mass is 185 g/mol. The zero-order valence-electron chi connectivity index (χ0n) is 9.62. The van der Waals surface area contributed by atoms with E-state index in [1.54, 1.807) is 0 Å². The number of hydrogen-bond donors (Lipinski definition) is 0. The van der Waals surface area contributed by atoms with Crippen molar-refractivity contribution in [3.63, 3.8) is 0 Å². The molecule has 1 aliphatic heterocycles. The number of likely N-dealkylation sites (N-methyl/N-ethyl adjacent to an activating group) is 1. The van der Waals surface area contributed by atoms with Crippen molar-refractivity contribution in [1.29, 1.82) is 0 Å². The van der Waals surface area contributed by atoms with E-state index in [2.05, 4.69) is 49.7 Å². The lowest BCUT2D eigenvalue weighted by Gasteiger charge is -2.43. The predicted molar refractivity (Wildman–Crippen MR) is 56.8 cm³/mol. The Morgan fingerprint density at radius 1 is 1.31 bits per heavy atom. The average molecular weight is 185 g/mol. The molecule has 1 rings (SSSR count). The Morgan fingerprint density at radius 3 is 2.38 bits per heavy atom. The fourth-order valence-electron chi connectivity index (χ4n) is 2.01. The molecule has 0 spiro atoms. The molecule has 0 N–H and O–H groups in total. The van der Waals surface area contributed by atoms with Gasteiger partial charge in [0.1, 0.15) is 0 Å². The number of hydrogen-bond acceptors (Lipinski definition) is 3. The van der Waals surface area contributed by atoms with E-state index < -0.39 is 0 Å². The van der Waals surface area contributed by atoms with Crippen LogP contribution in [-0.4, -0.2) is 67.7 Å². The summed E-state index contributed by atoms with van der Waals surface area (Å²) in [7, 11) is 6.50. The van der Waals surface area contributed by atoms with Crippen LogP contribution in [0.15, 0.2) is 0 Å². The Balaban J connectivity index is 2.50. The fourth-order valence-corrected chi connectivity index (χ4v) is 2.01. The second kappa shape index (κ2) is 4.40. The van der Waals surface area contributed by atoms with Crippen LogP contribution in [0.1, 0.15) is 13.8 Å². The Bertz CT molecular complexity index is 158. The highest BCUT2D eigenvalue weighted by atomic mass is 15.4. The molecule has 1 saturated heterocycles. The van der Waals surface area contributed by atoms with Gasteiger partial charge in [-0.1, -0.05) is 0 Å². The van der Waals surface area contributed by atoms with E-state index in [9.17, 15) is 0 Å². The zero-order chi connectivity index (χ0) is 10.0. The minimum absolute atomic E-state index is 0.559. The van der Waals surface area contributed by atoms with Crippen molar-refractivity contribution in [2.75, 3.05) is 40.8 Å². The second-order valence-corrected chi connectivity index (χ2v) is 4.44. The highest BCUT2D eigenvalue weighted by molar-refractivity contribution is 4.80. The number of nitrogens with zero attached hydrogens (tertiary/aromatic N) is 3. The van der Waals surface area contributed by atoms with Crippen LogP contribution in [0.4, 0.5) is 0 Å². The van der Waals surface area contributed by atoms with Gasteiger partial charge in [-0.05, 0) is 35.0 Å². The lowest BCUT2D eigenvalue weighted by Crippen LogP contribution is -2.56. The van der Waals surface area contributed by atoms with Crippen LogP contribution < -0.4 is 0 Å². The maximum absolute atomic E-state index is 2.57.